The Morgan fingerprint density at radius 3 is 2.22 bits per heavy atom. The number of amides is 5. The maximum Gasteiger partial charge on any atom is 0.326 e. The summed E-state index contributed by atoms with van der Waals surface area (Å²) in [5.74, 6) is -4.56. The summed E-state index contributed by atoms with van der Waals surface area (Å²) >= 11 is 1.44. The summed E-state index contributed by atoms with van der Waals surface area (Å²) in [7, 11) is 0. The first-order valence-electron chi connectivity index (χ1n) is 9.93. The van der Waals surface area contributed by atoms with Crippen molar-refractivity contribution in [3.8, 4) is 0 Å². The van der Waals surface area contributed by atoms with E-state index >= 15 is 0 Å². The molecule has 1 aliphatic rings. The van der Waals surface area contributed by atoms with E-state index in [2.05, 4.69) is 10.6 Å². The van der Waals surface area contributed by atoms with E-state index in [9.17, 15) is 33.9 Å². The minimum atomic E-state index is -1.52. The van der Waals surface area contributed by atoms with Gasteiger partial charge in [0.05, 0.1) is 18.9 Å². The third kappa shape index (κ3) is 8.34. The molecule has 1 heterocycles. The van der Waals surface area contributed by atoms with E-state index in [0.29, 0.717) is 12.2 Å². The second-order valence-corrected chi connectivity index (χ2v) is 8.36. The molecule has 0 saturated carbocycles. The summed E-state index contributed by atoms with van der Waals surface area (Å²) in [5.41, 5.74) is 15.7. The van der Waals surface area contributed by atoms with Crippen molar-refractivity contribution < 1.29 is 33.9 Å². The minimum Gasteiger partial charge on any atom is -0.480 e. The van der Waals surface area contributed by atoms with E-state index in [-0.39, 0.29) is 25.8 Å². The molecule has 14 heteroatoms. The molecule has 0 aromatic rings. The summed E-state index contributed by atoms with van der Waals surface area (Å²) < 4.78 is 0. The number of hydrogen-bond donors (Lipinski definition) is 6. The van der Waals surface area contributed by atoms with Gasteiger partial charge in [-0.05, 0) is 31.3 Å². The van der Waals surface area contributed by atoms with Crippen molar-refractivity contribution in [2.75, 3.05) is 18.6 Å². The highest BCUT2D eigenvalue weighted by Crippen LogP contribution is 2.20. The highest BCUT2D eigenvalue weighted by Gasteiger charge is 2.39. The van der Waals surface area contributed by atoms with Gasteiger partial charge in [0.15, 0.2) is 0 Å². The standard InChI is InChI=1S/C18H30N6O7S/c1-32-6-4-10(22-15(27)9(19)7-13(20)25)17(29)24-5-2-3-12(24)16(28)23-11(18(30)31)8-14(21)26/h9-12H,2-8,19H2,1H3,(H2,20,25)(H2,21,26)(H,22,27)(H,23,28)(H,30,31). The van der Waals surface area contributed by atoms with Crippen LogP contribution in [0.3, 0.4) is 0 Å². The molecule has 0 bridgehead atoms. The molecule has 180 valence electrons. The van der Waals surface area contributed by atoms with Crippen LogP contribution in [0.2, 0.25) is 0 Å². The molecule has 1 saturated heterocycles. The van der Waals surface area contributed by atoms with Crippen LogP contribution in [0.5, 0.6) is 0 Å². The zero-order valence-corrected chi connectivity index (χ0v) is 18.6. The lowest BCUT2D eigenvalue weighted by Gasteiger charge is -2.29. The zero-order valence-electron chi connectivity index (χ0n) is 17.7. The molecule has 0 aromatic heterocycles. The number of likely N-dealkylation sites (tertiary alicyclic amines) is 1. The molecule has 5 amide bonds. The van der Waals surface area contributed by atoms with Crippen LogP contribution in [-0.2, 0) is 28.8 Å². The van der Waals surface area contributed by atoms with Crippen molar-refractivity contribution in [2.24, 2.45) is 17.2 Å². The van der Waals surface area contributed by atoms with Gasteiger partial charge in [-0.15, -0.1) is 0 Å². The lowest BCUT2D eigenvalue weighted by atomic mass is 10.1. The Morgan fingerprint density at radius 2 is 1.69 bits per heavy atom. The first-order valence-corrected chi connectivity index (χ1v) is 11.3. The summed E-state index contributed by atoms with van der Waals surface area (Å²) in [6.07, 6.45) is 1.86. The fourth-order valence-electron chi connectivity index (χ4n) is 3.25. The fraction of sp³-hybridized carbons (Fsp3) is 0.667. The number of primary amides is 2. The number of nitrogens with one attached hydrogen (secondary N) is 2. The van der Waals surface area contributed by atoms with Gasteiger partial charge in [-0.3, -0.25) is 24.0 Å². The van der Waals surface area contributed by atoms with E-state index in [1.54, 1.807) is 0 Å². The van der Waals surface area contributed by atoms with Crippen molar-refractivity contribution in [3.05, 3.63) is 0 Å². The first-order chi connectivity index (χ1) is 15.0. The molecular formula is C18H30N6O7S. The molecular weight excluding hydrogens is 444 g/mol. The van der Waals surface area contributed by atoms with Crippen LogP contribution in [0, 0.1) is 0 Å². The Morgan fingerprint density at radius 1 is 1.06 bits per heavy atom. The summed E-state index contributed by atoms with van der Waals surface area (Å²) in [5, 5.41) is 13.9. The van der Waals surface area contributed by atoms with Crippen molar-refractivity contribution >= 4 is 47.3 Å². The van der Waals surface area contributed by atoms with E-state index in [1.165, 1.54) is 16.7 Å². The average Bonchev–Trinajstić information content (AvgIpc) is 3.18. The summed E-state index contributed by atoms with van der Waals surface area (Å²) in [6.45, 7) is 0.226. The Labute approximate surface area is 189 Å². The van der Waals surface area contributed by atoms with E-state index in [0.717, 1.165) is 0 Å². The number of nitrogens with zero attached hydrogens (tertiary/aromatic N) is 1. The van der Waals surface area contributed by atoms with E-state index < -0.39 is 66.1 Å². The van der Waals surface area contributed by atoms with E-state index in [1.807, 2.05) is 6.26 Å². The number of carbonyl (C=O) groups excluding carboxylic acids is 5. The molecule has 32 heavy (non-hydrogen) atoms. The zero-order chi connectivity index (χ0) is 24.4. The van der Waals surface area contributed by atoms with Crippen molar-refractivity contribution in [2.45, 2.75) is 56.3 Å². The maximum absolute atomic E-state index is 13.1. The van der Waals surface area contributed by atoms with Gasteiger partial charge in [0.2, 0.25) is 29.5 Å². The van der Waals surface area contributed by atoms with Gasteiger partial charge < -0.3 is 37.8 Å². The van der Waals surface area contributed by atoms with Gasteiger partial charge in [0, 0.05) is 6.54 Å². The molecule has 0 spiro atoms. The number of carboxylic acids is 1. The predicted octanol–water partition coefficient (Wildman–Crippen LogP) is -3.14. The number of nitrogens with two attached hydrogens (primary N) is 3. The normalized spacial score (nSPS) is 18.3. The molecule has 0 aliphatic carbocycles. The smallest absolute Gasteiger partial charge is 0.326 e. The van der Waals surface area contributed by atoms with Gasteiger partial charge in [-0.2, -0.15) is 11.8 Å². The number of carboxylic acid groups (broad SMARTS) is 1. The highest BCUT2D eigenvalue weighted by molar-refractivity contribution is 7.98. The van der Waals surface area contributed by atoms with Crippen LogP contribution in [0.15, 0.2) is 0 Å². The molecule has 1 rings (SSSR count). The van der Waals surface area contributed by atoms with Gasteiger partial charge in [-0.1, -0.05) is 0 Å². The largest absolute Gasteiger partial charge is 0.480 e. The Bertz CT molecular complexity index is 749. The molecule has 0 aromatic carbocycles. The molecule has 4 atom stereocenters. The van der Waals surface area contributed by atoms with Gasteiger partial charge >= 0.3 is 5.97 Å². The van der Waals surface area contributed by atoms with Gasteiger partial charge in [0.1, 0.15) is 18.1 Å². The van der Waals surface area contributed by atoms with Crippen LogP contribution in [-0.4, -0.2) is 88.2 Å². The molecule has 1 fully saturated rings. The van der Waals surface area contributed by atoms with Crippen LogP contribution in [0.4, 0.5) is 0 Å². The Hall–Kier alpha value is -2.87. The van der Waals surface area contributed by atoms with Crippen molar-refractivity contribution in [3.63, 3.8) is 0 Å². The lowest BCUT2D eigenvalue weighted by molar-refractivity contribution is -0.145. The van der Waals surface area contributed by atoms with Crippen LogP contribution in [0.1, 0.15) is 32.1 Å². The monoisotopic (exact) mass is 474 g/mol. The second kappa shape index (κ2) is 12.9. The summed E-state index contributed by atoms with van der Waals surface area (Å²) in [6, 6.07) is -4.70. The third-order valence-corrected chi connectivity index (χ3v) is 5.49. The number of rotatable bonds is 13. The Balaban J connectivity index is 2.94. The highest BCUT2D eigenvalue weighted by atomic mass is 32.2. The number of hydrogen-bond acceptors (Lipinski definition) is 8. The van der Waals surface area contributed by atoms with Crippen LogP contribution >= 0.6 is 11.8 Å². The molecule has 9 N–H and O–H groups in total. The van der Waals surface area contributed by atoms with Crippen LogP contribution < -0.4 is 27.8 Å². The van der Waals surface area contributed by atoms with Crippen LogP contribution in [0.25, 0.3) is 0 Å². The lowest BCUT2D eigenvalue weighted by Crippen LogP contribution is -2.57. The van der Waals surface area contributed by atoms with Gasteiger partial charge in [-0.25, -0.2) is 4.79 Å². The molecule has 1 aliphatic heterocycles. The predicted molar refractivity (Wildman–Crippen MR) is 115 cm³/mol. The quantitative estimate of drug-likeness (QED) is 0.158. The Kier molecular flexibility index (Phi) is 10.9. The number of aliphatic carboxylic acids is 1. The maximum atomic E-state index is 13.1. The molecule has 13 nitrogen and oxygen atoms in total. The first kappa shape index (κ1) is 27.2. The third-order valence-electron chi connectivity index (χ3n) is 4.84. The average molecular weight is 475 g/mol. The minimum absolute atomic E-state index is 0.226. The van der Waals surface area contributed by atoms with E-state index in [4.69, 9.17) is 17.2 Å². The number of thioether (sulfide) groups is 1. The second-order valence-electron chi connectivity index (χ2n) is 7.38. The molecule has 0 radical (unpaired) electrons. The molecule has 4 unspecified atom stereocenters. The van der Waals surface area contributed by atoms with Gasteiger partial charge in [0.25, 0.3) is 0 Å². The van der Waals surface area contributed by atoms with Crippen molar-refractivity contribution in [1.29, 1.82) is 0 Å². The van der Waals surface area contributed by atoms with Crippen molar-refractivity contribution in [1.82, 2.24) is 15.5 Å². The number of carbonyl (C=O) groups is 6. The fourth-order valence-corrected chi connectivity index (χ4v) is 3.73. The SMILES string of the molecule is CSCCC(NC(=O)C(N)CC(N)=O)C(=O)N1CCCC1C(=O)NC(CC(N)=O)C(=O)O. The summed E-state index contributed by atoms with van der Waals surface area (Å²) in [4.78, 5) is 72.7. The topological polar surface area (TPSA) is 228 Å².